The van der Waals surface area contributed by atoms with E-state index in [4.69, 9.17) is 23.2 Å². The molecule has 2 aromatic rings. The van der Waals surface area contributed by atoms with E-state index >= 15 is 0 Å². The van der Waals surface area contributed by atoms with Gasteiger partial charge in [-0.15, -0.1) is 11.3 Å². The first-order chi connectivity index (χ1) is 10.1. The molecule has 7 heteroatoms. The number of thiophene rings is 1. The second-order valence-corrected chi connectivity index (χ2v) is 5.74. The Bertz CT molecular complexity index is 684. The number of rotatable bonds is 3. The summed E-state index contributed by atoms with van der Waals surface area (Å²) in [5, 5.41) is 2.55. The summed E-state index contributed by atoms with van der Waals surface area (Å²) < 4.78 is 0. The van der Waals surface area contributed by atoms with Crippen LogP contribution in [0.3, 0.4) is 0 Å². The van der Waals surface area contributed by atoms with Crippen molar-refractivity contribution in [1.82, 2.24) is 10.9 Å². The number of hydrazine groups is 1. The third-order valence-corrected chi connectivity index (χ3v) is 3.80. The third-order valence-electron chi connectivity index (χ3n) is 2.42. The fourth-order valence-electron chi connectivity index (χ4n) is 1.44. The molecule has 0 fully saturated rings. The van der Waals surface area contributed by atoms with E-state index in [9.17, 15) is 9.59 Å². The number of benzene rings is 1. The van der Waals surface area contributed by atoms with Gasteiger partial charge in [0.25, 0.3) is 11.8 Å². The lowest BCUT2D eigenvalue weighted by atomic mass is 10.2. The summed E-state index contributed by atoms with van der Waals surface area (Å²) in [4.78, 5) is 24.3. The maximum absolute atomic E-state index is 11.8. The van der Waals surface area contributed by atoms with Crippen LogP contribution in [0.5, 0.6) is 0 Å². The monoisotopic (exact) mass is 340 g/mol. The van der Waals surface area contributed by atoms with E-state index in [2.05, 4.69) is 10.9 Å². The summed E-state index contributed by atoms with van der Waals surface area (Å²) in [5.41, 5.74) is 4.77. The van der Waals surface area contributed by atoms with E-state index < -0.39 is 11.8 Å². The third kappa shape index (κ3) is 4.60. The summed E-state index contributed by atoms with van der Waals surface area (Å²) in [6.45, 7) is 0. The zero-order valence-electron chi connectivity index (χ0n) is 10.6. The molecule has 1 heterocycles. The van der Waals surface area contributed by atoms with Crippen molar-refractivity contribution in [2.24, 2.45) is 0 Å². The molecule has 0 unspecified atom stereocenters. The summed E-state index contributed by atoms with van der Waals surface area (Å²) in [7, 11) is 0. The Morgan fingerprint density at radius 1 is 1.14 bits per heavy atom. The zero-order valence-corrected chi connectivity index (χ0v) is 12.9. The van der Waals surface area contributed by atoms with E-state index in [1.54, 1.807) is 12.1 Å². The number of nitrogens with one attached hydrogen (secondary N) is 2. The van der Waals surface area contributed by atoms with E-state index in [1.807, 2.05) is 17.5 Å². The summed E-state index contributed by atoms with van der Waals surface area (Å²) in [6, 6.07) is 8.23. The lowest BCUT2D eigenvalue weighted by molar-refractivity contribution is -0.117. The zero-order chi connectivity index (χ0) is 15.2. The molecular formula is C14H10Cl2N2O2S. The highest BCUT2D eigenvalue weighted by Crippen LogP contribution is 2.20. The largest absolute Gasteiger partial charge is 0.271 e. The van der Waals surface area contributed by atoms with E-state index in [-0.39, 0.29) is 10.6 Å². The quantitative estimate of drug-likeness (QED) is 0.663. The molecule has 0 saturated heterocycles. The van der Waals surface area contributed by atoms with Gasteiger partial charge in [-0.2, -0.15) is 0 Å². The van der Waals surface area contributed by atoms with Crippen LogP contribution in [-0.2, 0) is 4.79 Å². The molecule has 0 atom stereocenters. The highest BCUT2D eigenvalue weighted by Gasteiger charge is 2.10. The Kier molecular flexibility index (Phi) is 5.38. The van der Waals surface area contributed by atoms with Crippen molar-refractivity contribution in [1.29, 1.82) is 0 Å². The normalized spacial score (nSPS) is 10.6. The predicted molar refractivity (Wildman–Crippen MR) is 85.4 cm³/mol. The van der Waals surface area contributed by atoms with Crippen molar-refractivity contribution < 1.29 is 9.59 Å². The topological polar surface area (TPSA) is 58.2 Å². The minimum absolute atomic E-state index is 0.211. The van der Waals surface area contributed by atoms with Crippen molar-refractivity contribution in [2.45, 2.75) is 0 Å². The molecule has 0 bridgehead atoms. The molecule has 2 amide bonds. The van der Waals surface area contributed by atoms with Crippen LogP contribution in [0.2, 0.25) is 10.0 Å². The maximum atomic E-state index is 11.8. The first-order valence-corrected chi connectivity index (χ1v) is 7.47. The molecule has 108 valence electrons. The van der Waals surface area contributed by atoms with Crippen molar-refractivity contribution in [3.05, 3.63) is 62.3 Å². The van der Waals surface area contributed by atoms with Crippen molar-refractivity contribution in [3.8, 4) is 0 Å². The molecule has 0 saturated carbocycles. The molecule has 1 aromatic carbocycles. The summed E-state index contributed by atoms with van der Waals surface area (Å²) >= 11 is 13.1. The predicted octanol–water partition coefficient (Wildman–Crippen LogP) is 3.53. The average Bonchev–Trinajstić information content (AvgIpc) is 2.95. The second kappa shape index (κ2) is 7.26. The molecule has 0 aliphatic heterocycles. The van der Waals surface area contributed by atoms with Crippen molar-refractivity contribution >= 4 is 52.4 Å². The fraction of sp³-hybridized carbons (Fsp3) is 0. The van der Waals surface area contributed by atoms with Crippen LogP contribution in [0.1, 0.15) is 15.2 Å². The highest BCUT2D eigenvalue weighted by atomic mass is 35.5. The first kappa shape index (κ1) is 15.6. The molecule has 0 aliphatic rings. The van der Waals surface area contributed by atoms with Gasteiger partial charge < -0.3 is 0 Å². The number of carbonyl (C=O) groups is 2. The van der Waals surface area contributed by atoms with E-state index in [0.717, 1.165) is 4.88 Å². The van der Waals surface area contributed by atoms with Crippen LogP contribution in [0.15, 0.2) is 41.8 Å². The number of hydrogen-bond donors (Lipinski definition) is 2. The number of carbonyl (C=O) groups excluding carboxylic acids is 2. The molecule has 1 aromatic heterocycles. The second-order valence-electron chi connectivity index (χ2n) is 3.92. The van der Waals surface area contributed by atoms with Crippen LogP contribution in [0.25, 0.3) is 6.08 Å². The highest BCUT2D eigenvalue weighted by molar-refractivity contribution is 7.10. The van der Waals surface area contributed by atoms with Gasteiger partial charge in [-0.05, 0) is 35.7 Å². The Morgan fingerprint density at radius 3 is 2.62 bits per heavy atom. The maximum Gasteiger partial charge on any atom is 0.271 e. The lowest BCUT2D eigenvalue weighted by Crippen LogP contribution is -2.40. The van der Waals surface area contributed by atoms with Gasteiger partial charge in [-0.25, -0.2) is 0 Å². The summed E-state index contributed by atoms with van der Waals surface area (Å²) in [6.07, 6.45) is 2.98. The van der Waals surface area contributed by atoms with Crippen LogP contribution in [0, 0.1) is 0 Å². The lowest BCUT2D eigenvalue weighted by Gasteiger charge is -2.06. The van der Waals surface area contributed by atoms with E-state index in [0.29, 0.717) is 5.02 Å². The average molecular weight is 341 g/mol. The van der Waals surface area contributed by atoms with Crippen LogP contribution in [0.4, 0.5) is 0 Å². The molecule has 0 spiro atoms. The minimum Gasteiger partial charge on any atom is -0.268 e. The van der Waals surface area contributed by atoms with Gasteiger partial charge in [-0.1, -0.05) is 29.3 Å². The molecule has 0 aliphatic carbocycles. The Balaban J connectivity index is 1.90. The Morgan fingerprint density at radius 2 is 1.95 bits per heavy atom. The van der Waals surface area contributed by atoms with Gasteiger partial charge in [-0.3, -0.25) is 20.4 Å². The van der Waals surface area contributed by atoms with Gasteiger partial charge in [0.15, 0.2) is 0 Å². The molecule has 0 radical (unpaired) electrons. The van der Waals surface area contributed by atoms with Gasteiger partial charge in [0.2, 0.25) is 0 Å². The number of amides is 2. The molecular weight excluding hydrogens is 331 g/mol. The van der Waals surface area contributed by atoms with E-state index in [1.165, 1.54) is 29.5 Å². The van der Waals surface area contributed by atoms with Gasteiger partial charge in [0.05, 0.1) is 10.6 Å². The smallest absolute Gasteiger partial charge is 0.268 e. The standard InChI is InChI=1S/C14H10Cl2N2O2S/c15-9-3-5-11(12(16)8-9)14(20)18-17-13(19)6-4-10-2-1-7-21-10/h1-8H,(H,17,19)(H,18,20). The SMILES string of the molecule is O=C(C=Cc1cccs1)NNC(=O)c1ccc(Cl)cc1Cl. The first-order valence-electron chi connectivity index (χ1n) is 5.83. The minimum atomic E-state index is -0.519. The van der Waals surface area contributed by atoms with Gasteiger partial charge in [0, 0.05) is 16.0 Å². The van der Waals surface area contributed by atoms with Crippen molar-refractivity contribution in [2.75, 3.05) is 0 Å². The summed E-state index contributed by atoms with van der Waals surface area (Å²) in [5.74, 6) is -0.962. The molecule has 2 N–H and O–H groups in total. The van der Waals surface area contributed by atoms with Crippen LogP contribution >= 0.6 is 34.5 Å². The molecule has 4 nitrogen and oxygen atoms in total. The van der Waals surface area contributed by atoms with Gasteiger partial charge in [0.1, 0.15) is 0 Å². The molecule has 21 heavy (non-hydrogen) atoms. The fourth-order valence-corrected chi connectivity index (χ4v) is 2.56. The Labute approximate surface area is 135 Å². The Hall–Kier alpha value is -1.82. The van der Waals surface area contributed by atoms with Crippen LogP contribution in [-0.4, -0.2) is 11.8 Å². The number of hydrogen-bond acceptors (Lipinski definition) is 3. The molecule has 2 rings (SSSR count). The van der Waals surface area contributed by atoms with Crippen LogP contribution < -0.4 is 10.9 Å². The van der Waals surface area contributed by atoms with Gasteiger partial charge >= 0.3 is 0 Å². The number of halogens is 2. The van der Waals surface area contributed by atoms with Crippen molar-refractivity contribution in [3.63, 3.8) is 0 Å².